The number of aliphatic hydroxyl groups is 1. The zero-order valence-electron chi connectivity index (χ0n) is 8.52. The first kappa shape index (κ1) is 10.9. The summed E-state index contributed by atoms with van der Waals surface area (Å²) >= 11 is 0. The molecule has 0 spiro atoms. The van der Waals surface area contributed by atoms with E-state index in [1.165, 1.54) is 0 Å². The third-order valence-corrected chi connectivity index (χ3v) is 6.27. The molecule has 0 aliphatic carbocycles. The van der Waals surface area contributed by atoms with Gasteiger partial charge < -0.3 is 5.11 Å². The van der Waals surface area contributed by atoms with Gasteiger partial charge in [-0.05, 0) is 25.7 Å². The topological polar surface area (TPSA) is 78.2 Å². The maximum absolute atomic E-state index is 11.9. The van der Waals surface area contributed by atoms with Crippen LogP contribution in [0.4, 0.5) is 0 Å². The second-order valence-electron chi connectivity index (χ2n) is 4.73. The van der Waals surface area contributed by atoms with Gasteiger partial charge in [0.05, 0.1) is 28.6 Å². The standard InChI is InChI=1S/C10H15NO3S/c11-5-4-10(12)6-8-2-1-3-9(7-10)15(8,13)14/h8-9,12H,1-4,6-7H2. The first-order valence-corrected chi connectivity index (χ1v) is 6.91. The molecule has 0 aromatic rings. The number of hydrogen-bond donors (Lipinski definition) is 1. The fourth-order valence-corrected chi connectivity index (χ4v) is 5.45. The van der Waals surface area contributed by atoms with Crippen LogP contribution < -0.4 is 0 Å². The van der Waals surface area contributed by atoms with Crippen LogP contribution in [0.15, 0.2) is 0 Å². The van der Waals surface area contributed by atoms with Gasteiger partial charge in [-0.15, -0.1) is 0 Å². The van der Waals surface area contributed by atoms with Crippen molar-refractivity contribution in [3.8, 4) is 6.07 Å². The Balaban J connectivity index is 2.27. The minimum Gasteiger partial charge on any atom is -0.389 e. The maximum atomic E-state index is 11.9. The summed E-state index contributed by atoms with van der Waals surface area (Å²) in [7, 11) is -3.02. The summed E-state index contributed by atoms with van der Waals surface area (Å²) in [5, 5.41) is 17.9. The summed E-state index contributed by atoms with van der Waals surface area (Å²) in [5.74, 6) is 0. The average Bonchev–Trinajstić information content (AvgIpc) is 2.09. The van der Waals surface area contributed by atoms with E-state index in [0.29, 0.717) is 12.8 Å². The lowest BCUT2D eigenvalue weighted by atomic mass is 9.84. The van der Waals surface area contributed by atoms with Crippen molar-refractivity contribution >= 4 is 9.84 Å². The molecular formula is C10H15NO3S. The van der Waals surface area contributed by atoms with Crippen LogP contribution in [-0.2, 0) is 9.84 Å². The number of rotatable bonds is 1. The summed E-state index contributed by atoms with van der Waals surface area (Å²) in [6, 6.07) is 1.95. The van der Waals surface area contributed by atoms with Crippen molar-refractivity contribution in [2.75, 3.05) is 0 Å². The van der Waals surface area contributed by atoms with Crippen LogP contribution >= 0.6 is 0 Å². The lowest BCUT2D eigenvalue weighted by Crippen LogP contribution is -2.51. The average molecular weight is 229 g/mol. The summed E-state index contributed by atoms with van der Waals surface area (Å²) in [6.07, 6.45) is 2.77. The second-order valence-corrected chi connectivity index (χ2v) is 7.24. The van der Waals surface area contributed by atoms with E-state index in [1.807, 2.05) is 6.07 Å². The molecule has 2 aliphatic heterocycles. The van der Waals surface area contributed by atoms with Crippen molar-refractivity contribution in [2.24, 2.45) is 0 Å². The van der Waals surface area contributed by atoms with Gasteiger partial charge in [-0.1, -0.05) is 6.42 Å². The molecule has 0 saturated carbocycles. The molecule has 2 rings (SSSR count). The smallest absolute Gasteiger partial charge is 0.156 e. The lowest BCUT2D eigenvalue weighted by molar-refractivity contribution is 0.0140. The molecule has 15 heavy (non-hydrogen) atoms. The van der Waals surface area contributed by atoms with Crippen molar-refractivity contribution in [3.63, 3.8) is 0 Å². The van der Waals surface area contributed by atoms with Crippen LogP contribution in [0.1, 0.15) is 38.5 Å². The van der Waals surface area contributed by atoms with Gasteiger partial charge in [0.1, 0.15) is 0 Å². The lowest BCUT2D eigenvalue weighted by Gasteiger charge is -2.42. The van der Waals surface area contributed by atoms with Crippen molar-refractivity contribution in [1.29, 1.82) is 5.26 Å². The minimum atomic E-state index is -3.02. The predicted octanol–water partition coefficient (Wildman–Crippen LogP) is 0.761. The van der Waals surface area contributed by atoms with Crippen molar-refractivity contribution in [2.45, 2.75) is 54.6 Å². The summed E-state index contributed by atoms with van der Waals surface area (Å²) in [5.41, 5.74) is -1.06. The third kappa shape index (κ3) is 1.77. The molecule has 2 fully saturated rings. The molecule has 2 unspecified atom stereocenters. The number of nitrogens with zero attached hydrogens (tertiary/aromatic N) is 1. The van der Waals surface area contributed by atoms with Crippen LogP contribution in [0.2, 0.25) is 0 Å². The highest BCUT2D eigenvalue weighted by Gasteiger charge is 2.50. The van der Waals surface area contributed by atoms with E-state index < -0.39 is 25.9 Å². The van der Waals surface area contributed by atoms with Crippen molar-refractivity contribution in [3.05, 3.63) is 0 Å². The summed E-state index contributed by atoms with van der Waals surface area (Å²) < 4.78 is 23.8. The van der Waals surface area contributed by atoms with Gasteiger partial charge in [0.25, 0.3) is 0 Å². The van der Waals surface area contributed by atoms with Crippen LogP contribution in [0.5, 0.6) is 0 Å². The van der Waals surface area contributed by atoms with Gasteiger partial charge >= 0.3 is 0 Å². The van der Waals surface area contributed by atoms with E-state index in [0.717, 1.165) is 6.42 Å². The van der Waals surface area contributed by atoms with E-state index in [-0.39, 0.29) is 19.3 Å². The molecule has 5 heteroatoms. The molecule has 0 amide bonds. The number of hydrogen-bond acceptors (Lipinski definition) is 4. The number of nitriles is 1. The molecule has 1 N–H and O–H groups in total. The number of sulfone groups is 1. The van der Waals surface area contributed by atoms with E-state index in [1.54, 1.807) is 0 Å². The fraction of sp³-hybridized carbons (Fsp3) is 0.900. The van der Waals surface area contributed by atoms with Gasteiger partial charge in [-0.2, -0.15) is 5.26 Å². The molecule has 4 nitrogen and oxygen atoms in total. The molecule has 0 radical (unpaired) electrons. The highest BCUT2D eigenvalue weighted by atomic mass is 32.2. The Bertz CT molecular complexity index is 375. The highest BCUT2D eigenvalue weighted by Crippen LogP contribution is 2.42. The van der Waals surface area contributed by atoms with Crippen LogP contribution in [0, 0.1) is 11.3 Å². The Morgan fingerprint density at radius 1 is 1.33 bits per heavy atom. The van der Waals surface area contributed by atoms with E-state index in [2.05, 4.69) is 0 Å². The Labute approximate surface area is 89.8 Å². The fourth-order valence-electron chi connectivity index (χ4n) is 2.83. The van der Waals surface area contributed by atoms with E-state index in [4.69, 9.17) is 5.26 Å². The zero-order chi connectivity index (χ0) is 11.1. The van der Waals surface area contributed by atoms with E-state index in [9.17, 15) is 13.5 Å². The largest absolute Gasteiger partial charge is 0.389 e. The molecule has 2 aliphatic rings. The van der Waals surface area contributed by atoms with Gasteiger partial charge in [0, 0.05) is 0 Å². The molecule has 84 valence electrons. The van der Waals surface area contributed by atoms with Gasteiger partial charge in [-0.3, -0.25) is 0 Å². The molecule has 2 bridgehead atoms. The first-order chi connectivity index (χ1) is 6.98. The van der Waals surface area contributed by atoms with E-state index >= 15 is 0 Å². The van der Waals surface area contributed by atoms with Crippen LogP contribution in [-0.4, -0.2) is 29.6 Å². The SMILES string of the molecule is N#CCC1(O)CC2CCCC(C1)S2(=O)=O. The molecule has 2 atom stereocenters. The Hall–Kier alpha value is -0.600. The van der Waals surface area contributed by atoms with Gasteiger partial charge in [0.2, 0.25) is 0 Å². The number of fused-ring (bicyclic) bond motifs is 2. The van der Waals surface area contributed by atoms with Crippen LogP contribution in [0.3, 0.4) is 0 Å². The Morgan fingerprint density at radius 2 is 1.87 bits per heavy atom. The molecule has 2 heterocycles. The second kappa shape index (κ2) is 3.46. The monoisotopic (exact) mass is 229 g/mol. The summed E-state index contributed by atoms with van der Waals surface area (Å²) in [4.78, 5) is 0. The van der Waals surface area contributed by atoms with Crippen molar-refractivity contribution in [1.82, 2.24) is 0 Å². The quantitative estimate of drug-likeness (QED) is 0.720. The first-order valence-electron chi connectivity index (χ1n) is 5.30. The molecule has 0 aromatic carbocycles. The highest BCUT2D eigenvalue weighted by molar-refractivity contribution is 7.92. The molecular weight excluding hydrogens is 214 g/mol. The zero-order valence-corrected chi connectivity index (χ0v) is 9.33. The summed E-state index contributed by atoms with van der Waals surface area (Å²) in [6.45, 7) is 0. The van der Waals surface area contributed by atoms with Gasteiger partial charge in [-0.25, -0.2) is 8.42 Å². The predicted molar refractivity (Wildman–Crippen MR) is 54.8 cm³/mol. The maximum Gasteiger partial charge on any atom is 0.156 e. The Kier molecular flexibility index (Phi) is 2.52. The minimum absolute atomic E-state index is 0.0511. The van der Waals surface area contributed by atoms with Crippen molar-refractivity contribution < 1.29 is 13.5 Å². The molecule has 2 saturated heterocycles. The van der Waals surface area contributed by atoms with Crippen LogP contribution in [0.25, 0.3) is 0 Å². The van der Waals surface area contributed by atoms with Gasteiger partial charge in [0.15, 0.2) is 9.84 Å². The normalized spacial score (nSPS) is 43.2. The third-order valence-electron chi connectivity index (χ3n) is 3.60. The Morgan fingerprint density at radius 3 is 2.33 bits per heavy atom. The molecule has 0 aromatic heterocycles.